The van der Waals surface area contributed by atoms with E-state index in [2.05, 4.69) is 63.3 Å². The van der Waals surface area contributed by atoms with Crippen LogP contribution < -0.4 is 19.9 Å². The molecule has 0 unspecified atom stereocenters. The molecular formula is C27H36N4O3. The fourth-order valence-corrected chi connectivity index (χ4v) is 5.49. The molecule has 2 fully saturated rings. The molecule has 0 saturated carbocycles. The van der Waals surface area contributed by atoms with Gasteiger partial charge in [0.05, 0.1) is 32.3 Å². The van der Waals surface area contributed by atoms with Gasteiger partial charge in [-0.15, -0.1) is 0 Å². The number of piperazine rings is 1. The number of fused-ring (bicyclic) bond motifs is 3. The highest BCUT2D eigenvalue weighted by molar-refractivity contribution is 5.82. The van der Waals surface area contributed by atoms with E-state index in [0.29, 0.717) is 6.54 Å². The summed E-state index contributed by atoms with van der Waals surface area (Å²) in [5.41, 5.74) is 4.94. The minimum Gasteiger partial charge on any atom is -0.497 e. The van der Waals surface area contributed by atoms with Crippen molar-refractivity contribution in [3.8, 4) is 5.75 Å². The molecule has 2 saturated heterocycles. The summed E-state index contributed by atoms with van der Waals surface area (Å²) in [6.45, 7) is 9.76. The summed E-state index contributed by atoms with van der Waals surface area (Å²) in [5.74, 6) is 0.946. The molecule has 0 aliphatic carbocycles. The van der Waals surface area contributed by atoms with Gasteiger partial charge in [0.2, 0.25) is 5.91 Å². The van der Waals surface area contributed by atoms with Gasteiger partial charge < -0.3 is 24.6 Å². The Morgan fingerprint density at radius 3 is 2.65 bits per heavy atom. The Morgan fingerprint density at radius 1 is 1.09 bits per heavy atom. The van der Waals surface area contributed by atoms with E-state index in [4.69, 9.17) is 9.47 Å². The predicted octanol–water partition coefficient (Wildman–Crippen LogP) is 2.32. The molecule has 7 nitrogen and oxygen atoms in total. The van der Waals surface area contributed by atoms with Crippen LogP contribution in [0.4, 0.5) is 11.4 Å². The van der Waals surface area contributed by atoms with E-state index in [1.807, 2.05) is 6.07 Å². The molecule has 3 heterocycles. The van der Waals surface area contributed by atoms with E-state index < -0.39 is 0 Å². The highest BCUT2D eigenvalue weighted by Crippen LogP contribution is 2.39. The van der Waals surface area contributed by atoms with Crippen LogP contribution >= 0.6 is 0 Å². The lowest BCUT2D eigenvalue weighted by Gasteiger charge is -2.49. The third-order valence-electron chi connectivity index (χ3n) is 7.49. The summed E-state index contributed by atoms with van der Waals surface area (Å²) in [7, 11) is 1.71. The maximum absolute atomic E-state index is 13.5. The zero-order valence-electron chi connectivity index (χ0n) is 20.3. The first kappa shape index (κ1) is 23.0. The molecule has 1 amide bonds. The number of hydrogen-bond acceptors (Lipinski definition) is 6. The number of methoxy groups -OCH3 is 1. The second-order valence-electron chi connectivity index (χ2n) is 9.59. The molecule has 0 radical (unpaired) electrons. The van der Waals surface area contributed by atoms with E-state index >= 15 is 0 Å². The van der Waals surface area contributed by atoms with Crippen molar-refractivity contribution in [2.45, 2.75) is 19.4 Å². The molecule has 3 aliphatic heterocycles. The van der Waals surface area contributed by atoms with E-state index in [0.717, 1.165) is 64.7 Å². The number of nitrogens with one attached hydrogen (secondary N) is 1. The van der Waals surface area contributed by atoms with Crippen molar-refractivity contribution in [3.63, 3.8) is 0 Å². The third kappa shape index (κ3) is 4.86. The van der Waals surface area contributed by atoms with Gasteiger partial charge in [-0.1, -0.05) is 23.8 Å². The number of hydrogen-bond donors (Lipinski definition) is 1. The number of nitrogens with zero attached hydrogens (tertiary/aromatic N) is 3. The maximum atomic E-state index is 13.5. The maximum Gasteiger partial charge on any atom is 0.225 e. The van der Waals surface area contributed by atoms with Gasteiger partial charge >= 0.3 is 0 Å². The smallest absolute Gasteiger partial charge is 0.225 e. The summed E-state index contributed by atoms with van der Waals surface area (Å²) in [6, 6.07) is 15.1. The summed E-state index contributed by atoms with van der Waals surface area (Å²) < 4.78 is 11.0. The molecule has 2 aromatic carbocycles. The van der Waals surface area contributed by atoms with Gasteiger partial charge in [-0.2, -0.15) is 0 Å². The summed E-state index contributed by atoms with van der Waals surface area (Å²) >= 11 is 0. The van der Waals surface area contributed by atoms with E-state index in [1.54, 1.807) is 7.11 Å². The Balaban J connectivity index is 1.34. The Bertz CT molecular complexity index is 990. The summed E-state index contributed by atoms with van der Waals surface area (Å²) in [6.07, 6.45) is 0.756. The topological polar surface area (TPSA) is 57.3 Å². The van der Waals surface area contributed by atoms with Gasteiger partial charge in [-0.3, -0.25) is 9.69 Å². The number of carbonyl (C=O) groups excluding carboxylic acids is 1. The van der Waals surface area contributed by atoms with Gasteiger partial charge in [0, 0.05) is 63.3 Å². The van der Waals surface area contributed by atoms with Crippen molar-refractivity contribution in [2.24, 2.45) is 5.92 Å². The number of anilines is 2. The molecule has 1 N–H and O–H groups in total. The second-order valence-corrected chi connectivity index (χ2v) is 9.59. The first-order chi connectivity index (χ1) is 16.6. The standard InChI is InChI=1S/C27H36N4O3/c1-20-3-6-22(7-4-20)30-11-12-31-25-18-23(33-2)8-5-21(25)17-24(26(31)19-30)27(32)28-9-10-29-13-15-34-16-14-29/h3-8,18,24,26H,9-17,19H2,1-2H3,(H,28,32)/t24-,26-/m0/s1. The molecular weight excluding hydrogens is 428 g/mol. The van der Waals surface area contributed by atoms with Crippen LogP contribution in [-0.4, -0.2) is 83.0 Å². The van der Waals surface area contributed by atoms with Crippen LogP contribution in [-0.2, 0) is 16.0 Å². The van der Waals surface area contributed by atoms with Gasteiger partial charge in [-0.05, 0) is 37.1 Å². The Labute approximate surface area is 202 Å². The number of ether oxygens (including phenoxy) is 2. The van der Waals surface area contributed by atoms with E-state index in [1.165, 1.54) is 22.5 Å². The van der Waals surface area contributed by atoms with Crippen LogP contribution in [0.3, 0.4) is 0 Å². The summed E-state index contributed by atoms with van der Waals surface area (Å²) in [5, 5.41) is 3.26. The number of carbonyl (C=O) groups is 1. The highest BCUT2D eigenvalue weighted by Gasteiger charge is 2.41. The largest absolute Gasteiger partial charge is 0.497 e. The van der Waals surface area contributed by atoms with Crippen molar-refractivity contribution < 1.29 is 14.3 Å². The minimum absolute atomic E-state index is 0.0844. The first-order valence-electron chi connectivity index (χ1n) is 12.5. The average molecular weight is 465 g/mol. The van der Waals surface area contributed by atoms with Gasteiger partial charge in [-0.25, -0.2) is 0 Å². The number of amides is 1. The lowest BCUT2D eigenvalue weighted by Crippen LogP contribution is -2.61. The number of aryl methyl sites for hydroxylation is 1. The fourth-order valence-electron chi connectivity index (χ4n) is 5.49. The molecule has 0 aromatic heterocycles. The van der Waals surface area contributed by atoms with Crippen LogP contribution in [0.25, 0.3) is 0 Å². The van der Waals surface area contributed by atoms with Gasteiger partial charge in [0.15, 0.2) is 0 Å². The SMILES string of the molecule is COc1ccc2c(c1)N1CCN(c3ccc(C)cc3)C[C@H]1[C@@H](C(=O)NCCN1CCOCC1)C2. The van der Waals surface area contributed by atoms with Crippen LogP contribution in [0.2, 0.25) is 0 Å². The number of rotatable bonds is 6. The Morgan fingerprint density at radius 2 is 1.88 bits per heavy atom. The molecule has 5 rings (SSSR count). The molecule has 7 heteroatoms. The molecule has 2 aromatic rings. The van der Waals surface area contributed by atoms with Crippen molar-refractivity contribution in [1.82, 2.24) is 10.2 Å². The van der Waals surface area contributed by atoms with Gasteiger partial charge in [0.25, 0.3) is 0 Å². The first-order valence-corrected chi connectivity index (χ1v) is 12.5. The molecule has 0 spiro atoms. The molecule has 0 bridgehead atoms. The number of benzene rings is 2. The number of morpholine rings is 1. The van der Waals surface area contributed by atoms with Crippen LogP contribution in [0.1, 0.15) is 11.1 Å². The minimum atomic E-state index is -0.0844. The third-order valence-corrected chi connectivity index (χ3v) is 7.49. The van der Waals surface area contributed by atoms with Crippen LogP contribution in [0, 0.1) is 12.8 Å². The van der Waals surface area contributed by atoms with Crippen molar-refractivity contribution >= 4 is 17.3 Å². The lowest BCUT2D eigenvalue weighted by molar-refractivity contribution is -0.125. The predicted molar refractivity (Wildman–Crippen MR) is 135 cm³/mol. The normalized spacial score (nSPS) is 22.6. The Kier molecular flexibility index (Phi) is 6.92. The molecule has 2 atom stereocenters. The second kappa shape index (κ2) is 10.2. The van der Waals surface area contributed by atoms with Crippen molar-refractivity contribution in [1.29, 1.82) is 0 Å². The van der Waals surface area contributed by atoms with Crippen molar-refractivity contribution in [3.05, 3.63) is 53.6 Å². The van der Waals surface area contributed by atoms with Gasteiger partial charge in [0.1, 0.15) is 5.75 Å². The fraction of sp³-hybridized carbons (Fsp3) is 0.519. The monoisotopic (exact) mass is 464 g/mol. The molecule has 34 heavy (non-hydrogen) atoms. The molecule has 182 valence electrons. The zero-order chi connectivity index (χ0) is 23.5. The van der Waals surface area contributed by atoms with Crippen LogP contribution in [0.15, 0.2) is 42.5 Å². The quantitative estimate of drug-likeness (QED) is 0.708. The Hall–Kier alpha value is -2.77. The molecule has 3 aliphatic rings. The van der Waals surface area contributed by atoms with Crippen LogP contribution in [0.5, 0.6) is 5.75 Å². The lowest BCUT2D eigenvalue weighted by atomic mass is 9.83. The van der Waals surface area contributed by atoms with E-state index in [9.17, 15) is 4.79 Å². The average Bonchev–Trinajstić information content (AvgIpc) is 2.88. The summed E-state index contributed by atoms with van der Waals surface area (Å²) in [4.78, 5) is 20.7. The zero-order valence-corrected chi connectivity index (χ0v) is 20.3. The highest BCUT2D eigenvalue weighted by atomic mass is 16.5. The van der Waals surface area contributed by atoms with E-state index in [-0.39, 0.29) is 17.9 Å². The van der Waals surface area contributed by atoms with Crippen molar-refractivity contribution in [2.75, 3.05) is 75.9 Å².